The van der Waals surface area contributed by atoms with Gasteiger partial charge in [-0.05, 0) is 19.1 Å². The average Bonchev–Trinajstić information content (AvgIpc) is 2.97. The summed E-state index contributed by atoms with van der Waals surface area (Å²) in [6.07, 6.45) is 0.127. The number of ether oxygens (including phenoxy) is 2. The number of aliphatic carboxylic acids is 1. The Balaban J connectivity index is 1.89. The number of benzene rings is 1. The summed E-state index contributed by atoms with van der Waals surface area (Å²) in [7, 11) is 0. The number of carbonyl (C=O) groups excluding carboxylic acids is 2. The topological polar surface area (TPSA) is 105 Å². The molecule has 1 unspecified atom stereocenters. The van der Waals surface area contributed by atoms with Gasteiger partial charge in [-0.25, -0.2) is 4.79 Å². The SMILES string of the molecule is CCOc1ccccc1N1CC(C(=O)NCCOCC(=O)O)CC1=O. The fourth-order valence-corrected chi connectivity index (χ4v) is 2.62. The van der Waals surface area contributed by atoms with E-state index in [9.17, 15) is 14.4 Å². The van der Waals surface area contributed by atoms with E-state index in [1.165, 1.54) is 0 Å². The molecule has 8 nitrogen and oxygen atoms in total. The van der Waals surface area contributed by atoms with Gasteiger partial charge in [-0.15, -0.1) is 0 Å². The quantitative estimate of drug-likeness (QED) is 0.634. The number of anilines is 1. The molecule has 0 aromatic heterocycles. The van der Waals surface area contributed by atoms with Crippen LogP contribution < -0.4 is 15.0 Å². The molecule has 2 N–H and O–H groups in total. The molecule has 1 aliphatic rings. The smallest absolute Gasteiger partial charge is 0.329 e. The second-order valence-corrected chi connectivity index (χ2v) is 5.54. The highest BCUT2D eigenvalue weighted by Gasteiger charge is 2.36. The number of hydrogen-bond donors (Lipinski definition) is 2. The lowest BCUT2D eigenvalue weighted by atomic mass is 10.1. The molecule has 0 radical (unpaired) electrons. The van der Waals surface area contributed by atoms with Crippen LogP contribution in [0.2, 0.25) is 0 Å². The minimum Gasteiger partial charge on any atom is -0.492 e. The molecule has 1 heterocycles. The number of amides is 2. The van der Waals surface area contributed by atoms with Gasteiger partial charge in [0.25, 0.3) is 0 Å². The standard InChI is InChI=1S/C17H22N2O6/c1-2-25-14-6-4-3-5-13(14)19-10-12(9-15(19)20)17(23)18-7-8-24-11-16(21)22/h3-6,12H,2,7-11H2,1H3,(H,18,23)(H,21,22). The molecule has 1 fully saturated rings. The first-order valence-corrected chi connectivity index (χ1v) is 8.12. The summed E-state index contributed by atoms with van der Waals surface area (Å²) in [4.78, 5) is 36.4. The lowest BCUT2D eigenvalue weighted by Crippen LogP contribution is -2.35. The van der Waals surface area contributed by atoms with E-state index in [-0.39, 0.29) is 37.9 Å². The molecule has 136 valence electrons. The van der Waals surface area contributed by atoms with Gasteiger partial charge < -0.3 is 24.8 Å². The third-order valence-corrected chi connectivity index (χ3v) is 3.72. The number of carboxylic acids is 1. The summed E-state index contributed by atoms with van der Waals surface area (Å²) < 4.78 is 10.4. The van der Waals surface area contributed by atoms with Gasteiger partial charge in [0.15, 0.2) is 0 Å². The van der Waals surface area contributed by atoms with Crippen LogP contribution in [0, 0.1) is 5.92 Å². The van der Waals surface area contributed by atoms with Gasteiger partial charge in [0.1, 0.15) is 12.4 Å². The maximum Gasteiger partial charge on any atom is 0.329 e. The molecule has 1 saturated heterocycles. The van der Waals surface area contributed by atoms with E-state index >= 15 is 0 Å². The molecule has 1 aromatic rings. The summed E-state index contributed by atoms with van der Waals surface area (Å²) in [6, 6.07) is 7.23. The third kappa shape index (κ3) is 5.18. The van der Waals surface area contributed by atoms with Crippen molar-refractivity contribution in [2.24, 2.45) is 5.92 Å². The van der Waals surface area contributed by atoms with Crippen LogP contribution >= 0.6 is 0 Å². The highest BCUT2D eigenvalue weighted by Crippen LogP contribution is 2.33. The second kappa shape index (κ2) is 9.03. The molecule has 0 spiro atoms. The normalized spacial score (nSPS) is 16.8. The highest BCUT2D eigenvalue weighted by molar-refractivity contribution is 6.01. The largest absolute Gasteiger partial charge is 0.492 e. The Morgan fingerprint density at radius 3 is 2.84 bits per heavy atom. The minimum absolute atomic E-state index is 0.107. The second-order valence-electron chi connectivity index (χ2n) is 5.54. The Bertz CT molecular complexity index is 633. The molecular weight excluding hydrogens is 328 g/mol. The Kier molecular flexibility index (Phi) is 6.76. The van der Waals surface area contributed by atoms with Crippen molar-refractivity contribution in [3.63, 3.8) is 0 Å². The molecule has 0 bridgehead atoms. The van der Waals surface area contributed by atoms with E-state index < -0.39 is 18.5 Å². The number of rotatable bonds is 9. The van der Waals surface area contributed by atoms with Crippen molar-refractivity contribution in [1.82, 2.24) is 5.32 Å². The number of carboxylic acid groups (broad SMARTS) is 1. The number of nitrogens with zero attached hydrogens (tertiary/aromatic N) is 1. The van der Waals surface area contributed by atoms with Gasteiger partial charge in [0.05, 0.1) is 24.8 Å². The van der Waals surface area contributed by atoms with Crippen LogP contribution in [-0.4, -0.2) is 55.8 Å². The first-order chi connectivity index (χ1) is 12.0. The summed E-state index contributed by atoms with van der Waals surface area (Å²) in [5.41, 5.74) is 0.662. The van der Waals surface area contributed by atoms with Crippen LogP contribution in [0.5, 0.6) is 5.75 Å². The van der Waals surface area contributed by atoms with Crippen LogP contribution in [0.25, 0.3) is 0 Å². The Hall–Kier alpha value is -2.61. The number of para-hydroxylation sites is 2. The summed E-state index contributed by atoms with van der Waals surface area (Å²) >= 11 is 0. The fourth-order valence-electron chi connectivity index (χ4n) is 2.62. The van der Waals surface area contributed by atoms with E-state index in [1.807, 2.05) is 19.1 Å². The lowest BCUT2D eigenvalue weighted by Gasteiger charge is -2.20. The van der Waals surface area contributed by atoms with Gasteiger partial charge in [-0.1, -0.05) is 12.1 Å². The lowest BCUT2D eigenvalue weighted by molar-refractivity contribution is -0.142. The van der Waals surface area contributed by atoms with Crippen molar-refractivity contribution in [3.8, 4) is 5.75 Å². The molecule has 1 atom stereocenters. The monoisotopic (exact) mass is 350 g/mol. The van der Waals surface area contributed by atoms with Crippen LogP contribution in [-0.2, 0) is 19.1 Å². The molecule has 2 rings (SSSR count). The zero-order chi connectivity index (χ0) is 18.2. The Labute approximate surface area is 145 Å². The minimum atomic E-state index is -1.06. The molecular formula is C17H22N2O6. The average molecular weight is 350 g/mol. The van der Waals surface area contributed by atoms with Crippen molar-refractivity contribution in [3.05, 3.63) is 24.3 Å². The van der Waals surface area contributed by atoms with E-state index in [0.717, 1.165) is 0 Å². The number of hydrogen-bond acceptors (Lipinski definition) is 5. The van der Waals surface area contributed by atoms with Crippen LogP contribution in [0.3, 0.4) is 0 Å². The highest BCUT2D eigenvalue weighted by atomic mass is 16.5. The van der Waals surface area contributed by atoms with Gasteiger partial charge >= 0.3 is 5.97 Å². The van der Waals surface area contributed by atoms with Gasteiger partial charge in [0, 0.05) is 19.5 Å². The van der Waals surface area contributed by atoms with E-state index in [2.05, 4.69) is 5.32 Å². The van der Waals surface area contributed by atoms with Crippen molar-refractivity contribution in [1.29, 1.82) is 0 Å². The predicted octanol–water partition coefficient (Wildman–Crippen LogP) is 0.656. The van der Waals surface area contributed by atoms with Crippen LogP contribution in [0.15, 0.2) is 24.3 Å². The van der Waals surface area contributed by atoms with Crippen molar-refractivity contribution >= 4 is 23.5 Å². The van der Waals surface area contributed by atoms with Crippen LogP contribution in [0.4, 0.5) is 5.69 Å². The molecule has 0 aliphatic carbocycles. The molecule has 2 amide bonds. The van der Waals surface area contributed by atoms with Crippen molar-refractivity contribution in [2.75, 3.05) is 37.8 Å². The maximum absolute atomic E-state index is 12.3. The zero-order valence-electron chi connectivity index (χ0n) is 14.1. The molecule has 0 saturated carbocycles. The maximum atomic E-state index is 12.3. The first-order valence-electron chi connectivity index (χ1n) is 8.12. The third-order valence-electron chi connectivity index (χ3n) is 3.72. The molecule has 1 aliphatic heterocycles. The van der Waals surface area contributed by atoms with Crippen molar-refractivity contribution in [2.45, 2.75) is 13.3 Å². The van der Waals surface area contributed by atoms with Crippen molar-refractivity contribution < 1.29 is 29.0 Å². The van der Waals surface area contributed by atoms with Crippen LogP contribution in [0.1, 0.15) is 13.3 Å². The molecule has 8 heteroatoms. The molecule has 25 heavy (non-hydrogen) atoms. The van der Waals surface area contributed by atoms with E-state index in [0.29, 0.717) is 18.0 Å². The summed E-state index contributed by atoms with van der Waals surface area (Å²) in [6.45, 7) is 2.54. The first kappa shape index (κ1) is 18.7. The van der Waals surface area contributed by atoms with Gasteiger partial charge in [-0.2, -0.15) is 0 Å². The Morgan fingerprint density at radius 2 is 2.12 bits per heavy atom. The van der Waals surface area contributed by atoms with Gasteiger partial charge in [-0.3, -0.25) is 9.59 Å². The Morgan fingerprint density at radius 1 is 1.36 bits per heavy atom. The van der Waals surface area contributed by atoms with E-state index in [1.54, 1.807) is 17.0 Å². The fraction of sp³-hybridized carbons (Fsp3) is 0.471. The zero-order valence-corrected chi connectivity index (χ0v) is 14.1. The van der Waals surface area contributed by atoms with Gasteiger partial charge in [0.2, 0.25) is 11.8 Å². The summed E-state index contributed by atoms with van der Waals surface area (Å²) in [5, 5.41) is 11.1. The summed E-state index contributed by atoms with van der Waals surface area (Å²) in [5.74, 6) is -1.28. The molecule has 1 aromatic carbocycles. The van der Waals surface area contributed by atoms with E-state index in [4.69, 9.17) is 14.6 Å². The predicted molar refractivity (Wildman–Crippen MR) is 89.5 cm³/mol. The number of carbonyl (C=O) groups is 3. The number of nitrogens with one attached hydrogen (secondary N) is 1.